The van der Waals surface area contributed by atoms with Gasteiger partial charge in [-0.15, -0.1) is 0 Å². The van der Waals surface area contributed by atoms with Crippen molar-refractivity contribution in [1.29, 1.82) is 0 Å². The van der Waals surface area contributed by atoms with Crippen LogP contribution < -0.4 is 0 Å². The number of likely N-dealkylation sites (tertiary alicyclic amines) is 1. The second-order valence-corrected chi connectivity index (χ2v) is 5.74. The first-order valence-electron chi connectivity index (χ1n) is 6.56. The molecule has 3 nitrogen and oxygen atoms in total. The fraction of sp³-hybridized carbons (Fsp3) is 1.00. The molecule has 1 aliphatic carbocycles. The van der Waals surface area contributed by atoms with Gasteiger partial charge in [0.25, 0.3) is 0 Å². The van der Waals surface area contributed by atoms with Crippen LogP contribution in [0.4, 0.5) is 0 Å². The summed E-state index contributed by atoms with van der Waals surface area (Å²) in [6.45, 7) is 6.45. The molecule has 2 fully saturated rings. The van der Waals surface area contributed by atoms with Crippen LogP contribution in [-0.2, 0) is 4.74 Å². The van der Waals surface area contributed by atoms with Crippen LogP contribution in [0.25, 0.3) is 0 Å². The quantitative estimate of drug-likeness (QED) is 0.793. The second kappa shape index (κ2) is 5.03. The summed E-state index contributed by atoms with van der Waals surface area (Å²) in [4.78, 5) is 2.46. The smallest absolute Gasteiger partial charge is 0.0698 e. The number of ether oxygens (including phenoxy) is 1. The summed E-state index contributed by atoms with van der Waals surface area (Å²) < 4.78 is 5.30. The Bertz CT molecular complexity index is 226. The maximum Gasteiger partial charge on any atom is 0.0698 e. The predicted octanol–water partition coefficient (Wildman–Crippen LogP) is 1.50. The zero-order chi connectivity index (χ0) is 11.7. The van der Waals surface area contributed by atoms with Crippen LogP contribution in [0.5, 0.6) is 0 Å². The van der Waals surface area contributed by atoms with E-state index in [1.165, 1.54) is 0 Å². The lowest BCUT2D eigenvalue weighted by Crippen LogP contribution is -2.55. The Balaban J connectivity index is 1.79. The normalized spacial score (nSPS) is 41.1. The van der Waals surface area contributed by atoms with E-state index in [2.05, 4.69) is 18.7 Å². The third kappa shape index (κ3) is 2.41. The molecule has 0 radical (unpaired) electrons. The lowest BCUT2D eigenvalue weighted by molar-refractivity contribution is -0.0699. The van der Waals surface area contributed by atoms with Crippen LogP contribution in [0, 0.1) is 11.8 Å². The molecule has 16 heavy (non-hydrogen) atoms. The van der Waals surface area contributed by atoms with Gasteiger partial charge < -0.3 is 9.84 Å². The van der Waals surface area contributed by atoms with E-state index in [9.17, 15) is 5.11 Å². The van der Waals surface area contributed by atoms with Crippen LogP contribution in [0.1, 0.15) is 33.1 Å². The van der Waals surface area contributed by atoms with Crippen LogP contribution in [-0.4, -0.2) is 48.5 Å². The Morgan fingerprint density at radius 2 is 2.00 bits per heavy atom. The number of nitrogens with zero attached hydrogens (tertiary/aromatic N) is 1. The van der Waals surface area contributed by atoms with Crippen molar-refractivity contribution in [1.82, 2.24) is 4.90 Å². The van der Waals surface area contributed by atoms with Crippen LogP contribution in [0.3, 0.4) is 0 Å². The molecule has 0 amide bonds. The zero-order valence-corrected chi connectivity index (χ0v) is 10.7. The van der Waals surface area contributed by atoms with Crippen molar-refractivity contribution >= 4 is 0 Å². The number of piperidine rings is 1. The molecule has 3 heteroatoms. The SMILES string of the molecule is COC1CC(N2CC[C@H](C(C)C)[C@H](O)C2)C1. The largest absolute Gasteiger partial charge is 0.391 e. The topological polar surface area (TPSA) is 32.7 Å². The molecular weight excluding hydrogens is 202 g/mol. The van der Waals surface area contributed by atoms with Crippen molar-refractivity contribution in [2.45, 2.75) is 51.4 Å². The number of methoxy groups -OCH3 is 1. The number of hydrogen-bond donors (Lipinski definition) is 1. The van der Waals surface area contributed by atoms with E-state index in [1.54, 1.807) is 7.11 Å². The summed E-state index contributed by atoms with van der Waals surface area (Å²) in [5.74, 6) is 1.10. The summed E-state index contributed by atoms with van der Waals surface area (Å²) >= 11 is 0. The average molecular weight is 227 g/mol. The minimum atomic E-state index is -0.129. The number of rotatable bonds is 3. The summed E-state index contributed by atoms with van der Waals surface area (Å²) in [6.07, 6.45) is 3.78. The van der Waals surface area contributed by atoms with Gasteiger partial charge in [-0.2, -0.15) is 0 Å². The maximum atomic E-state index is 10.1. The molecule has 0 spiro atoms. The van der Waals surface area contributed by atoms with Crippen molar-refractivity contribution in [3.8, 4) is 0 Å². The summed E-state index contributed by atoms with van der Waals surface area (Å²) in [5.41, 5.74) is 0. The highest BCUT2D eigenvalue weighted by Crippen LogP contribution is 2.33. The average Bonchev–Trinajstić information content (AvgIpc) is 2.15. The highest BCUT2D eigenvalue weighted by molar-refractivity contribution is 4.92. The van der Waals surface area contributed by atoms with Crippen LogP contribution in [0.15, 0.2) is 0 Å². The Morgan fingerprint density at radius 3 is 2.50 bits per heavy atom. The second-order valence-electron chi connectivity index (χ2n) is 5.74. The molecule has 1 saturated carbocycles. The third-order valence-electron chi connectivity index (χ3n) is 4.44. The van der Waals surface area contributed by atoms with E-state index in [1.807, 2.05) is 0 Å². The molecule has 0 aromatic rings. The molecule has 0 bridgehead atoms. The van der Waals surface area contributed by atoms with Crippen molar-refractivity contribution in [2.75, 3.05) is 20.2 Å². The third-order valence-corrected chi connectivity index (χ3v) is 4.44. The van der Waals surface area contributed by atoms with E-state index >= 15 is 0 Å². The van der Waals surface area contributed by atoms with E-state index in [0.717, 1.165) is 32.4 Å². The molecule has 1 saturated heterocycles. The van der Waals surface area contributed by atoms with Crippen molar-refractivity contribution in [2.24, 2.45) is 11.8 Å². The lowest BCUT2D eigenvalue weighted by Gasteiger charge is -2.47. The highest BCUT2D eigenvalue weighted by atomic mass is 16.5. The summed E-state index contributed by atoms with van der Waals surface area (Å²) in [6, 6.07) is 0.660. The van der Waals surface area contributed by atoms with Crippen molar-refractivity contribution < 1.29 is 9.84 Å². The van der Waals surface area contributed by atoms with Gasteiger partial charge in [0.15, 0.2) is 0 Å². The van der Waals surface area contributed by atoms with Gasteiger partial charge in [0, 0.05) is 19.7 Å². The van der Waals surface area contributed by atoms with Gasteiger partial charge in [-0.05, 0) is 37.6 Å². The van der Waals surface area contributed by atoms with Crippen LogP contribution >= 0.6 is 0 Å². The molecule has 2 aliphatic rings. The summed E-state index contributed by atoms with van der Waals surface area (Å²) in [5, 5.41) is 10.1. The van der Waals surface area contributed by atoms with E-state index in [4.69, 9.17) is 4.74 Å². The fourth-order valence-electron chi connectivity index (χ4n) is 3.11. The Hall–Kier alpha value is -0.120. The first-order valence-corrected chi connectivity index (χ1v) is 6.56. The maximum absolute atomic E-state index is 10.1. The van der Waals surface area contributed by atoms with Gasteiger partial charge in [0.2, 0.25) is 0 Å². The fourth-order valence-corrected chi connectivity index (χ4v) is 3.11. The molecule has 1 aliphatic heterocycles. The highest BCUT2D eigenvalue weighted by Gasteiger charge is 2.38. The van der Waals surface area contributed by atoms with E-state index < -0.39 is 0 Å². The number of aliphatic hydroxyl groups excluding tert-OH is 1. The van der Waals surface area contributed by atoms with E-state index in [-0.39, 0.29) is 6.10 Å². The Labute approximate surface area is 98.8 Å². The Morgan fingerprint density at radius 1 is 1.31 bits per heavy atom. The molecule has 2 atom stereocenters. The van der Waals surface area contributed by atoms with Gasteiger partial charge in [-0.25, -0.2) is 0 Å². The predicted molar refractivity (Wildman–Crippen MR) is 64.3 cm³/mol. The molecule has 0 aromatic heterocycles. The number of β-amino-alcohol motifs (C(OH)–C–C–N with tert-alkyl or cyclic N) is 1. The van der Waals surface area contributed by atoms with Gasteiger partial charge in [0.05, 0.1) is 12.2 Å². The molecule has 94 valence electrons. The molecule has 0 aromatic carbocycles. The molecule has 1 N–H and O–H groups in total. The van der Waals surface area contributed by atoms with Gasteiger partial charge in [0.1, 0.15) is 0 Å². The monoisotopic (exact) mass is 227 g/mol. The summed E-state index contributed by atoms with van der Waals surface area (Å²) in [7, 11) is 1.79. The molecular formula is C13H25NO2. The van der Waals surface area contributed by atoms with Gasteiger partial charge in [-0.1, -0.05) is 13.8 Å². The molecule has 0 unspecified atom stereocenters. The van der Waals surface area contributed by atoms with Gasteiger partial charge >= 0.3 is 0 Å². The number of aliphatic hydroxyl groups is 1. The lowest BCUT2D eigenvalue weighted by atomic mass is 9.81. The first kappa shape index (κ1) is 12.3. The van der Waals surface area contributed by atoms with E-state index in [0.29, 0.717) is 24.0 Å². The Kier molecular flexibility index (Phi) is 3.88. The van der Waals surface area contributed by atoms with Crippen molar-refractivity contribution in [3.05, 3.63) is 0 Å². The molecule has 1 heterocycles. The minimum Gasteiger partial charge on any atom is -0.391 e. The van der Waals surface area contributed by atoms with Crippen molar-refractivity contribution in [3.63, 3.8) is 0 Å². The van der Waals surface area contributed by atoms with Gasteiger partial charge in [-0.3, -0.25) is 4.90 Å². The standard InChI is InChI=1S/C13H25NO2/c1-9(2)12-4-5-14(8-13(12)15)10-6-11(7-10)16-3/h9-13,15H,4-8H2,1-3H3/t10?,11?,12-,13-/m1/s1. The first-order chi connectivity index (χ1) is 7.61. The van der Waals surface area contributed by atoms with Crippen LogP contribution in [0.2, 0.25) is 0 Å². The molecule has 2 rings (SSSR count). The number of hydrogen-bond acceptors (Lipinski definition) is 3. The minimum absolute atomic E-state index is 0.129. The zero-order valence-electron chi connectivity index (χ0n) is 10.7.